The molecule has 9 heteroatoms. The molecule has 7 nitrogen and oxygen atoms in total. The summed E-state index contributed by atoms with van der Waals surface area (Å²) in [6.45, 7) is 8.06. The molecule has 0 aliphatic carbocycles. The van der Waals surface area contributed by atoms with Gasteiger partial charge in [0, 0.05) is 42.4 Å². The molecule has 0 saturated heterocycles. The molecule has 2 aromatic heterocycles. The minimum atomic E-state index is -0.569. The monoisotopic (exact) mass is 497 g/mol. The van der Waals surface area contributed by atoms with E-state index in [1.54, 1.807) is 0 Å². The summed E-state index contributed by atoms with van der Waals surface area (Å²) in [6.07, 6.45) is 3.55. The summed E-state index contributed by atoms with van der Waals surface area (Å²) in [4.78, 5) is 28.5. The summed E-state index contributed by atoms with van der Waals surface area (Å²) in [5.41, 5.74) is 2.10. The number of anilines is 2. The standard InChI is InChI=1S/C25H28N4O3S2/c1-7-29-20(15-17-10-8-9-13-27(17)5)34-21(22(29)30)23-28(6)18-12-11-16(14-19(18)33-23)26-24(31)32-25(2,3)4/h8-15H,7H2,1-6H3/p+1/b23-21+. The number of thiazole rings is 1. The molecule has 3 heterocycles. The first kappa shape index (κ1) is 24.1. The van der Waals surface area contributed by atoms with Crippen molar-refractivity contribution in [1.29, 1.82) is 0 Å². The molecule has 1 aliphatic heterocycles. The minimum absolute atomic E-state index is 0.00611. The smallest absolute Gasteiger partial charge is 0.412 e. The molecular weight excluding hydrogens is 468 g/mol. The zero-order valence-electron chi connectivity index (χ0n) is 20.2. The van der Waals surface area contributed by atoms with Crippen LogP contribution in [0.5, 0.6) is 0 Å². The first-order valence-electron chi connectivity index (χ1n) is 11.0. The van der Waals surface area contributed by atoms with Crippen molar-refractivity contribution >= 4 is 51.7 Å². The molecule has 0 fully saturated rings. The van der Waals surface area contributed by atoms with Crippen molar-refractivity contribution in [2.24, 2.45) is 7.05 Å². The van der Waals surface area contributed by atoms with Crippen LogP contribution in [0, 0.1) is 0 Å². The normalized spacial score (nSPS) is 15.5. The maximum Gasteiger partial charge on any atom is 0.412 e. The van der Waals surface area contributed by atoms with Gasteiger partial charge in [0.15, 0.2) is 6.20 Å². The number of aromatic nitrogens is 2. The first-order valence-corrected chi connectivity index (χ1v) is 12.7. The predicted molar refractivity (Wildman–Crippen MR) is 139 cm³/mol. The van der Waals surface area contributed by atoms with Crippen LogP contribution >= 0.6 is 23.1 Å². The van der Waals surface area contributed by atoms with E-state index in [4.69, 9.17) is 4.74 Å². The van der Waals surface area contributed by atoms with Crippen molar-refractivity contribution in [3.05, 3.63) is 67.8 Å². The fourth-order valence-corrected chi connectivity index (χ4v) is 6.14. The Balaban J connectivity index is 1.73. The molecule has 1 N–H and O–H groups in total. The van der Waals surface area contributed by atoms with Crippen LogP contribution in [0.3, 0.4) is 0 Å². The molecule has 1 amide bonds. The van der Waals surface area contributed by atoms with Gasteiger partial charge in [0.2, 0.25) is 5.69 Å². The van der Waals surface area contributed by atoms with Crippen molar-refractivity contribution in [1.82, 2.24) is 4.57 Å². The van der Waals surface area contributed by atoms with E-state index in [0.717, 1.165) is 26.0 Å². The fourth-order valence-electron chi connectivity index (χ4n) is 3.63. The predicted octanol–water partition coefficient (Wildman–Crippen LogP) is 3.24. The Bertz CT molecular complexity index is 1430. The maximum absolute atomic E-state index is 13.3. The molecule has 0 unspecified atom stereocenters. The van der Waals surface area contributed by atoms with Crippen LogP contribution in [0.15, 0.2) is 52.3 Å². The van der Waals surface area contributed by atoms with Gasteiger partial charge in [0.25, 0.3) is 5.56 Å². The van der Waals surface area contributed by atoms with Gasteiger partial charge in [-0.1, -0.05) is 11.8 Å². The fraction of sp³-hybridized carbons (Fsp3) is 0.320. The second-order valence-electron chi connectivity index (χ2n) is 8.98. The van der Waals surface area contributed by atoms with Crippen molar-refractivity contribution < 1.29 is 14.1 Å². The van der Waals surface area contributed by atoms with Crippen molar-refractivity contribution in [3.8, 4) is 0 Å². The molecule has 178 valence electrons. The number of nitrogens with one attached hydrogen (secondary N) is 1. The highest BCUT2D eigenvalue weighted by Crippen LogP contribution is 2.46. The average molecular weight is 498 g/mol. The molecule has 0 spiro atoms. The number of carbonyl (C=O) groups excluding carboxylic acids is 1. The van der Waals surface area contributed by atoms with Crippen LogP contribution in [0.2, 0.25) is 0 Å². The number of benzene rings is 1. The number of rotatable bonds is 3. The number of hydrogen-bond donors (Lipinski definition) is 1. The largest absolute Gasteiger partial charge is 0.444 e. The molecule has 1 aromatic carbocycles. The molecule has 0 radical (unpaired) electrons. The summed E-state index contributed by atoms with van der Waals surface area (Å²) in [5.74, 6) is 0. The number of carbonyl (C=O) groups is 1. The van der Waals surface area contributed by atoms with Crippen LogP contribution in [0.4, 0.5) is 16.2 Å². The average Bonchev–Trinajstić information content (AvgIpc) is 3.24. The topological polar surface area (TPSA) is 67.5 Å². The van der Waals surface area contributed by atoms with Crippen molar-refractivity contribution in [2.45, 2.75) is 44.7 Å². The van der Waals surface area contributed by atoms with Gasteiger partial charge in [-0.05, 0) is 52.0 Å². The van der Waals surface area contributed by atoms with Gasteiger partial charge in [0.1, 0.15) is 26.9 Å². The highest BCUT2D eigenvalue weighted by molar-refractivity contribution is 8.08. The van der Waals surface area contributed by atoms with Crippen LogP contribution in [0.25, 0.3) is 11.1 Å². The van der Waals surface area contributed by atoms with E-state index in [2.05, 4.69) is 11.4 Å². The Morgan fingerprint density at radius 3 is 2.68 bits per heavy atom. The first-order chi connectivity index (χ1) is 16.1. The molecule has 1 aliphatic rings. The Labute approximate surface area is 207 Å². The van der Waals surface area contributed by atoms with Gasteiger partial charge >= 0.3 is 6.09 Å². The van der Waals surface area contributed by atoms with Crippen LogP contribution < -0.4 is 29.5 Å². The van der Waals surface area contributed by atoms with Gasteiger partial charge < -0.3 is 9.64 Å². The highest BCUT2D eigenvalue weighted by Gasteiger charge is 2.26. The highest BCUT2D eigenvalue weighted by atomic mass is 32.2. The number of thioether (sulfide) groups is 1. The van der Waals surface area contributed by atoms with E-state index >= 15 is 0 Å². The molecule has 0 bridgehead atoms. The van der Waals surface area contributed by atoms with Gasteiger partial charge in [-0.25, -0.2) is 9.36 Å². The van der Waals surface area contributed by atoms with Gasteiger partial charge in [-0.2, -0.15) is 0 Å². The quantitative estimate of drug-likeness (QED) is 0.563. The van der Waals surface area contributed by atoms with Crippen LogP contribution in [-0.2, 0) is 18.3 Å². The molecule has 4 rings (SSSR count). The lowest BCUT2D eigenvalue weighted by Gasteiger charge is -2.19. The molecular formula is C25H29N4O3S2+. The zero-order valence-corrected chi connectivity index (χ0v) is 21.8. The Morgan fingerprint density at radius 2 is 2.00 bits per heavy atom. The Kier molecular flexibility index (Phi) is 6.60. The second-order valence-corrected chi connectivity index (χ2v) is 11.0. The summed E-state index contributed by atoms with van der Waals surface area (Å²) < 4.78 is 10.8. The lowest BCUT2D eigenvalue weighted by Crippen LogP contribution is -2.34. The van der Waals surface area contributed by atoms with Crippen molar-refractivity contribution in [2.75, 3.05) is 17.3 Å². The molecule has 34 heavy (non-hydrogen) atoms. The summed E-state index contributed by atoms with van der Waals surface area (Å²) >= 11 is 3.04. The Hall–Kier alpha value is -3.04. The van der Waals surface area contributed by atoms with E-state index in [9.17, 15) is 9.59 Å². The van der Waals surface area contributed by atoms with Gasteiger partial charge in [-0.15, -0.1) is 11.3 Å². The van der Waals surface area contributed by atoms with Crippen LogP contribution in [-0.4, -0.2) is 23.3 Å². The number of hydrogen-bond acceptors (Lipinski definition) is 6. The zero-order chi connectivity index (χ0) is 24.6. The molecule has 0 saturated carbocycles. The number of ether oxygens (including phenoxy) is 1. The summed E-state index contributed by atoms with van der Waals surface area (Å²) in [5, 5.41) is 3.68. The Morgan fingerprint density at radius 1 is 1.24 bits per heavy atom. The van der Waals surface area contributed by atoms with E-state index < -0.39 is 11.7 Å². The third-order valence-electron chi connectivity index (χ3n) is 5.27. The summed E-state index contributed by atoms with van der Waals surface area (Å²) in [7, 11) is 3.95. The number of amides is 1. The molecule has 3 aromatic rings. The van der Waals surface area contributed by atoms with Gasteiger partial charge in [-0.3, -0.25) is 14.7 Å². The minimum Gasteiger partial charge on any atom is -0.444 e. The second kappa shape index (κ2) is 9.31. The van der Waals surface area contributed by atoms with Gasteiger partial charge in [0.05, 0.1) is 5.69 Å². The third-order valence-corrected chi connectivity index (χ3v) is 7.73. The number of aryl methyl sites for hydroxylation is 1. The van der Waals surface area contributed by atoms with Crippen molar-refractivity contribution in [3.63, 3.8) is 0 Å². The SMILES string of the molecule is CCn1c(=O)/c(=C2\Sc3cc(NC(=O)OC(C)(C)C)ccc3N2C)s/c1=C\c1cccc[n+]1C. The van der Waals surface area contributed by atoms with E-state index in [1.165, 1.54) is 23.1 Å². The van der Waals surface area contributed by atoms with E-state index in [0.29, 0.717) is 16.8 Å². The number of nitrogens with zero attached hydrogens (tertiary/aromatic N) is 3. The number of fused-ring (bicyclic) bond motifs is 1. The third kappa shape index (κ3) is 4.90. The number of pyridine rings is 1. The summed E-state index contributed by atoms with van der Waals surface area (Å²) in [6, 6.07) is 11.7. The van der Waals surface area contributed by atoms with E-state index in [-0.39, 0.29) is 5.56 Å². The lowest BCUT2D eigenvalue weighted by molar-refractivity contribution is -0.673. The van der Waals surface area contributed by atoms with E-state index in [1.807, 2.05) is 98.4 Å². The molecule has 0 atom stereocenters. The van der Waals surface area contributed by atoms with Crippen LogP contribution in [0.1, 0.15) is 33.4 Å². The lowest BCUT2D eigenvalue weighted by atomic mass is 10.2. The maximum atomic E-state index is 13.3.